The van der Waals surface area contributed by atoms with Crippen LogP contribution in [0.15, 0.2) is 0 Å². The number of alkyl halides is 9. The quantitative estimate of drug-likeness (QED) is 0.788. The third-order valence-corrected chi connectivity index (χ3v) is 3.39. The molecule has 1 N–H and O–H groups in total. The molecular weight excluding hydrogens is 321 g/mol. The highest BCUT2D eigenvalue weighted by molar-refractivity contribution is 7.90. The molecule has 0 unspecified atom stereocenters. The lowest BCUT2D eigenvalue weighted by molar-refractivity contribution is -0.382. The summed E-state index contributed by atoms with van der Waals surface area (Å²) in [5.74, 6) is -14.4. The van der Waals surface area contributed by atoms with Gasteiger partial charge in [-0.1, -0.05) is 6.92 Å². The fourth-order valence-electron chi connectivity index (χ4n) is 0.810. The second kappa shape index (κ2) is 4.68. The molecule has 0 spiro atoms. The van der Waals surface area contributed by atoms with Crippen molar-refractivity contribution >= 4 is 10.0 Å². The van der Waals surface area contributed by atoms with Crippen molar-refractivity contribution in [2.24, 2.45) is 0 Å². The van der Waals surface area contributed by atoms with E-state index >= 15 is 0 Å². The Kier molecular flexibility index (Phi) is 4.50. The third-order valence-electron chi connectivity index (χ3n) is 1.79. The van der Waals surface area contributed by atoms with E-state index in [0.717, 1.165) is 11.6 Å². The van der Waals surface area contributed by atoms with Gasteiger partial charge in [0.1, 0.15) is 0 Å². The summed E-state index contributed by atoms with van der Waals surface area (Å²) >= 11 is 0. The molecule has 0 bridgehead atoms. The van der Waals surface area contributed by atoms with Crippen LogP contribution < -0.4 is 4.72 Å². The summed E-state index contributed by atoms with van der Waals surface area (Å²) in [6.07, 6.45) is -7.05. The molecular formula is C6H6F9NO2S. The molecule has 0 aliphatic rings. The van der Waals surface area contributed by atoms with Crippen molar-refractivity contribution in [3.05, 3.63) is 0 Å². The zero-order valence-corrected chi connectivity index (χ0v) is 9.65. The summed E-state index contributed by atoms with van der Waals surface area (Å²) in [4.78, 5) is 0. The van der Waals surface area contributed by atoms with E-state index in [9.17, 15) is 47.9 Å². The van der Waals surface area contributed by atoms with E-state index in [1.165, 1.54) is 0 Å². The molecule has 0 aromatic heterocycles. The molecule has 0 aromatic carbocycles. The molecule has 13 heteroatoms. The van der Waals surface area contributed by atoms with E-state index in [1.807, 2.05) is 0 Å². The predicted molar refractivity (Wildman–Crippen MR) is 43.5 cm³/mol. The second-order valence-corrected chi connectivity index (χ2v) is 4.97. The van der Waals surface area contributed by atoms with E-state index < -0.39 is 39.8 Å². The van der Waals surface area contributed by atoms with Gasteiger partial charge in [-0.15, -0.1) is 0 Å². The van der Waals surface area contributed by atoms with Crippen molar-refractivity contribution in [1.29, 1.82) is 0 Å². The molecule has 3 nitrogen and oxygen atoms in total. The number of nitrogens with one attached hydrogen (secondary N) is 1. The molecule has 0 heterocycles. The highest BCUT2D eigenvalue weighted by Gasteiger charge is 2.85. The van der Waals surface area contributed by atoms with Gasteiger partial charge in [0.25, 0.3) is 10.0 Å². The van der Waals surface area contributed by atoms with Gasteiger partial charge in [-0.25, -0.2) is 13.1 Å². The van der Waals surface area contributed by atoms with Crippen LogP contribution in [0.5, 0.6) is 0 Å². The smallest absolute Gasteiger partial charge is 0.210 e. The SMILES string of the molecule is CCNS(=O)(=O)C(F)(F)C(F)(F)C(F)(F)C(F)(F)F. The van der Waals surface area contributed by atoms with Crippen molar-refractivity contribution in [1.82, 2.24) is 4.72 Å². The fourth-order valence-corrected chi connectivity index (χ4v) is 1.84. The molecule has 0 aliphatic heterocycles. The van der Waals surface area contributed by atoms with Gasteiger partial charge in [0.2, 0.25) is 0 Å². The molecule has 116 valence electrons. The topological polar surface area (TPSA) is 46.2 Å². The summed E-state index contributed by atoms with van der Waals surface area (Å²) in [6.45, 7) is -0.0841. The molecule has 0 aromatic rings. The number of sulfonamides is 1. The molecule has 0 amide bonds. The lowest BCUT2D eigenvalue weighted by Crippen LogP contribution is -2.64. The minimum absolute atomic E-state index is 0.733. The van der Waals surface area contributed by atoms with Crippen molar-refractivity contribution in [3.8, 4) is 0 Å². The molecule has 0 saturated heterocycles. The first-order chi connectivity index (χ1) is 8.06. The summed E-state index contributed by atoms with van der Waals surface area (Å²) in [5, 5.41) is -6.66. The zero-order chi connectivity index (χ0) is 15.9. The van der Waals surface area contributed by atoms with E-state index in [-0.39, 0.29) is 0 Å². The minimum atomic E-state index is -7.23. The summed E-state index contributed by atoms with van der Waals surface area (Å²) in [6, 6.07) is 0. The maximum Gasteiger partial charge on any atom is 0.460 e. The Balaban J connectivity index is 5.92. The lowest BCUT2D eigenvalue weighted by atomic mass is 10.1. The molecule has 0 rings (SSSR count). The van der Waals surface area contributed by atoms with Crippen molar-refractivity contribution in [2.45, 2.75) is 30.2 Å². The van der Waals surface area contributed by atoms with Crippen LogP contribution in [0.3, 0.4) is 0 Å². The summed E-state index contributed by atoms with van der Waals surface area (Å²) in [7, 11) is -6.42. The number of hydrogen-bond donors (Lipinski definition) is 1. The van der Waals surface area contributed by atoms with E-state index in [4.69, 9.17) is 0 Å². The van der Waals surface area contributed by atoms with Gasteiger partial charge < -0.3 is 0 Å². The average Bonchev–Trinajstić information content (AvgIpc) is 2.14. The van der Waals surface area contributed by atoms with Gasteiger partial charge in [-0.05, 0) is 0 Å². The van der Waals surface area contributed by atoms with Crippen LogP contribution in [0.25, 0.3) is 0 Å². The number of halogens is 9. The molecule has 19 heavy (non-hydrogen) atoms. The first-order valence-corrected chi connectivity index (χ1v) is 5.74. The Bertz CT molecular complexity index is 426. The van der Waals surface area contributed by atoms with Crippen LogP contribution in [-0.2, 0) is 10.0 Å². The first kappa shape index (κ1) is 18.3. The van der Waals surface area contributed by atoms with Crippen molar-refractivity contribution in [3.63, 3.8) is 0 Å². The van der Waals surface area contributed by atoms with Crippen LogP contribution in [0.1, 0.15) is 6.92 Å². The molecule has 0 aliphatic carbocycles. The molecule has 0 radical (unpaired) electrons. The van der Waals surface area contributed by atoms with Crippen LogP contribution in [0, 0.1) is 0 Å². The Morgan fingerprint density at radius 3 is 1.47 bits per heavy atom. The summed E-state index contributed by atoms with van der Waals surface area (Å²) in [5.41, 5.74) is 0. The standard InChI is InChI=1S/C6H6F9NO2S/c1-2-16-19(17,18)6(14,15)4(9,10)3(7,8)5(11,12)13/h16H,2H2,1H3. The van der Waals surface area contributed by atoms with Crippen LogP contribution >= 0.6 is 0 Å². The second-order valence-electron chi connectivity index (χ2n) is 3.16. The highest BCUT2D eigenvalue weighted by atomic mass is 32.2. The van der Waals surface area contributed by atoms with E-state index in [0.29, 0.717) is 0 Å². The van der Waals surface area contributed by atoms with Crippen LogP contribution in [0.2, 0.25) is 0 Å². The minimum Gasteiger partial charge on any atom is -0.210 e. The van der Waals surface area contributed by atoms with Gasteiger partial charge in [-0.2, -0.15) is 39.5 Å². The maximum atomic E-state index is 12.8. The van der Waals surface area contributed by atoms with Gasteiger partial charge in [0.05, 0.1) is 0 Å². The number of hydrogen-bond acceptors (Lipinski definition) is 2. The average molecular weight is 327 g/mol. The van der Waals surface area contributed by atoms with Crippen molar-refractivity contribution < 1.29 is 47.9 Å². The van der Waals surface area contributed by atoms with Gasteiger partial charge in [0.15, 0.2) is 0 Å². The Hall–Kier alpha value is -0.720. The van der Waals surface area contributed by atoms with E-state index in [1.54, 1.807) is 0 Å². The van der Waals surface area contributed by atoms with Gasteiger partial charge in [0, 0.05) is 6.54 Å². The molecule has 0 fully saturated rings. The van der Waals surface area contributed by atoms with Crippen LogP contribution in [-0.4, -0.2) is 38.2 Å². The Morgan fingerprint density at radius 1 is 0.842 bits per heavy atom. The number of rotatable bonds is 5. The normalized spacial score (nSPS) is 15.7. The maximum absolute atomic E-state index is 12.8. The van der Waals surface area contributed by atoms with Gasteiger partial charge in [-0.3, -0.25) is 0 Å². The monoisotopic (exact) mass is 327 g/mol. The summed E-state index contributed by atoms with van der Waals surface area (Å²) < 4.78 is 133. The lowest BCUT2D eigenvalue weighted by Gasteiger charge is -2.32. The largest absolute Gasteiger partial charge is 0.460 e. The van der Waals surface area contributed by atoms with Crippen LogP contribution in [0.4, 0.5) is 39.5 Å². The third kappa shape index (κ3) is 2.61. The highest BCUT2D eigenvalue weighted by Crippen LogP contribution is 2.54. The zero-order valence-electron chi connectivity index (χ0n) is 8.83. The van der Waals surface area contributed by atoms with E-state index in [2.05, 4.69) is 0 Å². The van der Waals surface area contributed by atoms with Gasteiger partial charge >= 0.3 is 23.3 Å². The fraction of sp³-hybridized carbons (Fsp3) is 1.00. The van der Waals surface area contributed by atoms with Crippen molar-refractivity contribution in [2.75, 3.05) is 6.54 Å². The first-order valence-electron chi connectivity index (χ1n) is 4.25. The Morgan fingerprint density at radius 2 is 1.21 bits per heavy atom. The molecule has 0 saturated carbocycles. The predicted octanol–water partition coefficient (Wildman–Crippen LogP) is 2.35. The molecule has 0 atom stereocenters. The Labute approximate surface area is 100 Å².